The second-order valence-electron chi connectivity index (χ2n) is 5.75. The lowest BCUT2D eigenvalue weighted by atomic mass is 10.0. The maximum atomic E-state index is 11.7. The molecule has 0 unspecified atom stereocenters. The molecule has 1 aromatic carbocycles. The SMILES string of the molecule is CCS(=O)(=O)N1CC(CNc2nc(-c3ccc(C)cc3)no2)C1. The Hall–Kier alpha value is -1.93. The van der Waals surface area contributed by atoms with E-state index in [2.05, 4.69) is 15.5 Å². The average molecular weight is 336 g/mol. The summed E-state index contributed by atoms with van der Waals surface area (Å²) in [5.41, 5.74) is 2.07. The van der Waals surface area contributed by atoms with Crippen LogP contribution in [-0.2, 0) is 10.0 Å². The molecule has 8 heteroatoms. The number of hydrogen-bond acceptors (Lipinski definition) is 6. The molecule has 23 heavy (non-hydrogen) atoms. The third-order valence-electron chi connectivity index (χ3n) is 3.96. The van der Waals surface area contributed by atoms with Crippen molar-refractivity contribution >= 4 is 16.0 Å². The van der Waals surface area contributed by atoms with Crippen molar-refractivity contribution in [3.63, 3.8) is 0 Å². The van der Waals surface area contributed by atoms with E-state index in [-0.39, 0.29) is 11.7 Å². The lowest BCUT2D eigenvalue weighted by Crippen LogP contribution is -2.52. The number of anilines is 1. The standard InChI is InChI=1S/C15H20N4O3S/c1-3-23(20,21)19-9-12(10-19)8-16-15-17-14(18-22-15)13-6-4-11(2)5-7-13/h4-7,12H,3,8-10H2,1-2H3,(H,16,17,18). The summed E-state index contributed by atoms with van der Waals surface area (Å²) in [4.78, 5) is 4.30. The highest BCUT2D eigenvalue weighted by Gasteiger charge is 2.34. The van der Waals surface area contributed by atoms with E-state index >= 15 is 0 Å². The van der Waals surface area contributed by atoms with Crippen LogP contribution in [0.1, 0.15) is 12.5 Å². The Morgan fingerprint density at radius 2 is 2.00 bits per heavy atom. The highest BCUT2D eigenvalue weighted by atomic mass is 32.2. The number of aryl methyl sites for hydroxylation is 1. The normalized spacial score (nSPS) is 16.3. The maximum absolute atomic E-state index is 11.7. The van der Waals surface area contributed by atoms with Gasteiger partial charge in [-0.05, 0) is 13.8 Å². The van der Waals surface area contributed by atoms with Crippen LogP contribution in [0.3, 0.4) is 0 Å². The first kappa shape index (κ1) is 15.9. The lowest BCUT2D eigenvalue weighted by molar-refractivity contribution is 0.211. The summed E-state index contributed by atoms with van der Waals surface area (Å²) in [7, 11) is -3.06. The molecule has 1 N–H and O–H groups in total. The summed E-state index contributed by atoms with van der Waals surface area (Å²) in [6.45, 7) is 5.38. The minimum atomic E-state index is -3.06. The van der Waals surface area contributed by atoms with Gasteiger partial charge in [0.2, 0.25) is 15.8 Å². The van der Waals surface area contributed by atoms with E-state index in [1.54, 1.807) is 6.92 Å². The van der Waals surface area contributed by atoms with Gasteiger partial charge in [0, 0.05) is 31.1 Å². The van der Waals surface area contributed by atoms with Gasteiger partial charge in [0.1, 0.15) is 0 Å². The van der Waals surface area contributed by atoms with Crippen molar-refractivity contribution in [1.82, 2.24) is 14.4 Å². The van der Waals surface area contributed by atoms with Gasteiger partial charge in [-0.1, -0.05) is 35.0 Å². The minimum absolute atomic E-state index is 0.150. The van der Waals surface area contributed by atoms with Crippen molar-refractivity contribution in [2.75, 3.05) is 30.7 Å². The molecule has 0 aliphatic carbocycles. The van der Waals surface area contributed by atoms with Gasteiger partial charge in [-0.3, -0.25) is 0 Å². The third-order valence-corrected chi connectivity index (χ3v) is 5.77. The zero-order valence-electron chi connectivity index (χ0n) is 13.2. The van der Waals surface area contributed by atoms with E-state index in [4.69, 9.17) is 4.52 Å². The van der Waals surface area contributed by atoms with E-state index < -0.39 is 10.0 Å². The molecule has 0 radical (unpaired) electrons. The van der Waals surface area contributed by atoms with Crippen molar-refractivity contribution in [3.8, 4) is 11.4 Å². The summed E-state index contributed by atoms with van der Waals surface area (Å²) >= 11 is 0. The van der Waals surface area contributed by atoms with E-state index in [1.807, 2.05) is 31.2 Å². The van der Waals surface area contributed by atoms with Gasteiger partial charge in [0.15, 0.2) is 0 Å². The van der Waals surface area contributed by atoms with Crippen LogP contribution in [0.2, 0.25) is 0 Å². The molecule has 1 fully saturated rings. The van der Waals surface area contributed by atoms with E-state index in [9.17, 15) is 8.42 Å². The Morgan fingerprint density at radius 3 is 2.65 bits per heavy atom. The predicted molar refractivity (Wildman–Crippen MR) is 87.5 cm³/mol. The minimum Gasteiger partial charge on any atom is -0.337 e. The molecular weight excluding hydrogens is 316 g/mol. The van der Waals surface area contributed by atoms with Crippen LogP contribution in [0.5, 0.6) is 0 Å². The van der Waals surface area contributed by atoms with Gasteiger partial charge in [-0.25, -0.2) is 12.7 Å². The molecule has 0 saturated carbocycles. The Labute approximate surface area is 135 Å². The number of rotatable bonds is 6. The molecule has 124 valence electrons. The van der Waals surface area contributed by atoms with Crippen molar-refractivity contribution in [2.45, 2.75) is 13.8 Å². The fourth-order valence-electron chi connectivity index (χ4n) is 2.41. The monoisotopic (exact) mass is 336 g/mol. The van der Waals surface area contributed by atoms with Gasteiger partial charge >= 0.3 is 6.01 Å². The van der Waals surface area contributed by atoms with Crippen LogP contribution in [-0.4, -0.2) is 48.3 Å². The van der Waals surface area contributed by atoms with Crippen LogP contribution < -0.4 is 5.32 Å². The number of sulfonamides is 1. The highest BCUT2D eigenvalue weighted by Crippen LogP contribution is 2.21. The molecule has 0 atom stereocenters. The van der Waals surface area contributed by atoms with Crippen LogP contribution in [0.4, 0.5) is 6.01 Å². The first-order valence-corrected chi connectivity index (χ1v) is 9.21. The smallest absolute Gasteiger partial charge is 0.321 e. The van der Waals surface area contributed by atoms with Gasteiger partial charge in [0.05, 0.1) is 5.75 Å². The second-order valence-corrected chi connectivity index (χ2v) is 8.01. The topological polar surface area (TPSA) is 88.3 Å². The molecule has 1 aliphatic heterocycles. The highest BCUT2D eigenvalue weighted by molar-refractivity contribution is 7.89. The summed E-state index contributed by atoms with van der Waals surface area (Å²) in [5, 5.41) is 7.03. The molecule has 0 spiro atoms. The molecule has 0 bridgehead atoms. The summed E-state index contributed by atoms with van der Waals surface area (Å²) in [6, 6.07) is 8.25. The Morgan fingerprint density at radius 1 is 1.30 bits per heavy atom. The second kappa shape index (κ2) is 6.29. The molecule has 0 amide bonds. The number of hydrogen-bond donors (Lipinski definition) is 1. The Balaban J connectivity index is 1.52. The van der Waals surface area contributed by atoms with Gasteiger partial charge < -0.3 is 9.84 Å². The van der Waals surface area contributed by atoms with Crippen LogP contribution in [0.15, 0.2) is 28.8 Å². The average Bonchev–Trinajstić information content (AvgIpc) is 2.95. The number of benzene rings is 1. The quantitative estimate of drug-likeness (QED) is 0.864. The molecule has 7 nitrogen and oxygen atoms in total. The van der Waals surface area contributed by atoms with Gasteiger partial charge in [-0.15, -0.1) is 0 Å². The zero-order valence-corrected chi connectivity index (χ0v) is 14.0. The molecule has 3 rings (SSSR count). The van der Waals surface area contributed by atoms with E-state index in [0.717, 1.165) is 5.56 Å². The van der Waals surface area contributed by atoms with Crippen molar-refractivity contribution in [1.29, 1.82) is 0 Å². The number of aromatic nitrogens is 2. The van der Waals surface area contributed by atoms with Gasteiger partial charge in [-0.2, -0.15) is 4.98 Å². The Kier molecular flexibility index (Phi) is 4.36. The lowest BCUT2D eigenvalue weighted by Gasteiger charge is -2.37. The van der Waals surface area contributed by atoms with Crippen LogP contribution in [0.25, 0.3) is 11.4 Å². The zero-order chi connectivity index (χ0) is 16.4. The molecule has 1 aliphatic rings. The fourth-order valence-corrected chi connectivity index (χ4v) is 3.65. The van der Waals surface area contributed by atoms with Crippen molar-refractivity contribution in [3.05, 3.63) is 29.8 Å². The Bertz CT molecular complexity index is 764. The summed E-state index contributed by atoms with van der Waals surface area (Å²) in [5.74, 6) is 0.957. The first-order valence-electron chi connectivity index (χ1n) is 7.60. The molecule has 1 aromatic heterocycles. The fraction of sp³-hybridized carbons (Fsp3) is 0.467. The van der Waals surface area contributed by atoms with E-state index in [0.29, 0.717) is 31.5 Å². The molecule has 2 aromatic rings. The largest absolute Gasteiger partial charge is 0.337 e. The third kappa shape index (κ3) is 3.53. The summed E-state index contributed by atoms with van der Waals surface area (Å²) < 4.78 is 30.0. The van der Waals surface area contributed by atoms with E-state index in [1.165, 1.54) is 9.87 Å². The number of nitrogens with one attached hydrogen (secondary N) is 1. The van der Waals surface area contributed by atoms with Crippen LogP contribution in [0, 0.1) is 12.8 Å². The van der Waals surface area contributed by atoms with Crippen molar-refractivity contribution in [2.24, 2.45) is 5.92 Å². The van der Waals surface area contributed by atoms with Crippen LogP contribution >= 0.6 is 0 Å². The molecule has 1 saturated heterocycles. The predicted octanol–water partition coefficient (Wildman–Crippen LogP) is 1.74. The molecule has 2 heterocycles. The first-order chi connectivity index (χ1) is 11.0. The summed E-state index contributed by atoms with van der Waals surface area (Å²) in [6.07, 6.45) is 0. The molecular formula is C15H20N4O3S. The maximum Gasteiger partial charge on any atom is 0.321 e. The number of nitrogens with zero attached hydrogens (tertiary/aromatic N) is 3. The van der Waals surface area contributed by atoms with Gasteiger partial charge in [0.25, 0.3) is 0 Å². The van der Waals surface area contributed by atoms with Crippen molar-refractivity contribution < 1.29 is 12.9 Å².